The Morgan fingerprint density at radius 2 is 1.80 bits per heavy atom. The molecule has 0 aliphatic heterocycles. The van der Waals surface area contributed by atoms with Crippen molar-refractivity contribution in [2.75, 3.05) is 0 Å². The summed E-state index contributed by atoms with van der Waals surface area (Å²) in [6.07, 6.45) is -0.703. The van der Waals surface area contributed by atoms with Gasteiger partial charge in [0, 0.05) is 6.07 Å². The first kappa shape index (κ1) is 21.4. The van der Waals surface area contributed by atoms with E-state index in [1.807, 2.05) is 0 Å². The smallest absolute Gasteiger partial charge is 0.408 e. The number of carbonyl (C=O) groups is 1. The first-order valence-electron chi connectivity index (χ1n) is 9.44. The van der Waals surface area contributed by atoms with E-state index >= 15 is 0 Å². The quantitative estimate of drug-likeness (QED) is 0.681. The molecule has 1 amide bonds. The Morgan fingerprint density at radius 1 is 1.17 bits per heavy atom. The molecule has 2 aromatic carbocycles. The summed E-state index contributed by atoms with van der Waals surface area (Å²) in [6.45, 7) is 8.58. The first-order chi connectivity index (χ1) is 14.0. The molecule has 6 nitrogen and oxygen atoms in total. The molecule has 0 aliphatic rings. The summed E-state index contributed by atoms with van der Waals surface area (Å²) in [4.78, 5) is 30.1. The maximum Gasteiger partial charge on any atom is 0.408 e. The second-order valence-corrected chi connectivity index (χ2v) is 8.08. The molecule has 1 heterocycles. The molecule has 0 spiro atoms. The van der Waals surface area contributed by atoms with Gasteiger partial charge >= 0.3 is 6.09 Å². The Labute approximate surface area is 172 Å². The number of carbonyl (C=O) groups excluding carboxylic acids is 1. The number of ether oxygens (including phenoxy) is 1. The number of halogens is 2. The van der Waals surface area contributed by atoms with Crippen LogP contribution >= 0.6 is 0 Å². The zero-order chi connectivity index (χ0) is 22.2. The molecular weight excluding hydrogens is 392 g/mol. The molecule has 1 N–H and O–H groups in total. The van der Waals surface area contributed by atoms with Crippen molar-refractivity contribution < 1.29 is 18.3 Å². The fraction of sp³-hybridized carbons (Fsp3) is 0.318. The lowest BCUT2D eigenvalue weighted by molar-refractivity contribution is 0.0505. The van der Waals surface area contributed by atoms with E-state index in [9.17, 15) is 18.4 Å². The lowest BCUT2D eigenvalue weighted by atomic mass is 10.1. The maximum atomic E-state index is 13.9. The van der Waals surface area contributed by atoms with Crippen molar-refractivity contribution >= 4 is 17.0 Å². The van der Waals surface area contributed by atoms with Crippen molar-refractivity contribution in [3.63, 3.8) is 0 Å². The van der Waals surface area contributed by atoms with E-state index in [1.54, 1.807) is 52.8 Å². The molecule has 0 fully saturated rings. The van der Waals surface area contributed by atoms with Crippen LogP contribution in [-0.4, -0.2) is 21.2 Å². The van der Waals surface area contributed by atoms with Crippen LogP contribution < -0.4 is 10.9 Å². The topological polar surface area (TPSA) is 73.2 Å². The molecule has 1 atom stereocenters. The van der Waals surface area contributed by atoms with E-state index in [2.05, 4.69) is 10.3 Å². The number of benzene rings is 2. The minimum Gasteiger partial charge on any atom is -0.444 e. The highest BCUT2D eigenvalue weighted by Crippen LogP contribution is 2.21. The molecular formula is C22H23F2N3O3. The number of nitrogens with one attached hydrogen (secondary N) is 1. The molecule has 158 valence electrons. The van der Waals surface area contributed by atoms with Gasteiger partial charge in [0.05, 0.1) is 22.6 Å². The second kappa shape index (κ2) is 7.85. The van der Waals surface area contributed by atoms with Crippen molar-refractivity contribution in [3.8, 4) is 5.69 Å². The van der Waals surface area contributed by atoms with Gasteiger partial charge in [-0.05, 0) is 58.4 Å². The lowest BCUT2D eigenvalue weighted by Gasteiger charge is -2.23. The number of para-hydroxylation sites is 1. The Bertz CT molecular complexity index is 1160. The fourth-order valence-electron chi connectivity index (χ4n) is 3.13. The standard InChI is InChI=1S/C22H23F2N3O3/c1-12-7-6-8-17-18(12)26-19(13(2)25-21(29)30-22(3,4)5)27(20(17)28)16-10-14(23)9-15(24)11-16/h6-11,13H,1-5H3,(H,25,29)/t13-/m0/s1. The van der Waals surface area contributed by atoms with Crippen molar-refractivity contribution in [1.29, 1.82) is 0 Å². The van der Waals surface area contributed by atoms with E-state index in [0.717, 1.165) is 28.3 Å². The Morgan fingerprint density at radius 3 is 2.40 bits per heavy atom. The van der Waals surface area contributed by atoms with Gasteiger partial charge in [0.25, 0.3) is 5.56 Å². The predicted octanol–water partition coefficient (Wildman–Crippen LogP) is 4.56. The Hall–Kier alpha value is -3.29. The van der Waals surface area contributed by atoms with Crippen LogP contribution in [0.1, 0.15) is 45.1 Å². The number of hydrogen-bond acceptors (Lipinski definition) is 4. The van der Waals surface area contributed by atoms with Gasteiger partial charge in [0.1, 0.15) is 23.1 Å². The third-order valence-electron chi connectivity index (χ3n) is 4.35. The molecule has 0 radical (unpaired) electrons. The SMILES string of the molecule is Cc1cccc2c(=O)n(-c3cc(F)cc(F)c3)c([C@H](C)NC(=O)OC(C)(C)C)nc12. The van der Waals surface area contributed by atoms with Gasteiger partial charge in [-0.15, -0.1) is 0 Å². The van der Waals surface area contributed by atoms with Crippen molar-refractivity contribution in [2.24, 2.45) is 0 Å². The zero-order valence-corrected chi connectivity index (χ0v) is 17.4. The van der Waals surface area contributed by atoms with Gasteiger partial charge in [-0.2, -0.15) is 0 Å². The molecule has 0 unspecified atom stereocenters. The largest absolute Gasteiger partial charge is 0.444 e. The van der Waals surface area contributed by atoms with Crippen LogP contribution in [0.25, 0.3) is 16.6 Å². The average molecular weight is 415 g/mol. The highest BCUT2D eigenvalue weighted by atomic mass is 19.1. The molecule has 0 saturated heterocycles. The molecule has 8 heteroatoms. The fourth-order valence-corrected chi connectivity index (χ4v) is 3.13. The number of hydrogen-bond donors (Lipinski definition) is 1. The van der Waals surface area contributed by atoms with Crippen LogP contribution in [0.5, 0.6) is 0 Å². The van der Waals surface area contributed by atoms with Gasteiger partial charge in [0.2, 0.25) is 0 Å². The van der Waals surface area contributed by atoms with E-state index in [0.29, 0.717) is 10.9 Å². The average Bonchev–Trinajstić information content (AvgIpc) is 2.59. The summed E-state index contributed by atoms with van der Waals surface area (Å²) in [6, 6.07) is 7.11. The normalized spacial score (nSPS) is 12.6. The van der Waals surface area contributed by atoms with Crippen molar-refractivity contribution in [1.82, 2.24) is 14.9 Å². The number of fused-ring (bicyclic) bond motifs is 1. The number of aromatic nitrogens is 2. The molecule has 0 aliphatic carbocycles. The van der Waals surface area contributed by atoms with Crippen LogP contribution in [0.2, 0.25) is 0 Å². The number of rotatable bonds is 3. The molecule has 1 aromatic heterocycles. The summed E-state index contributed by atoms with van der Waals surface area (Å²) in [5, 5.41) is 2.93. The van der Waals surface area contributed by atoms with E-state index in [-0.39, 0.29) is 11.5 Å². The van der Waals surface area contributed by atoms with E-state index < -0.39 is 34.9 Å². The molecule has 0 bridgehead atoms. The van der Waals surface area contributed by atoms with Crippen LogP contribution in [0, 0.1) is 18.6 Å². The number of aryl methyl sites for hydroxylation is 1. The number of amides is 1. The van der Waals surface area contributed by atoms with Gasteiger partial charge in [0.15, 0.2) is 0 Å². The predicted molar refractivity (Wildman–Crippen MR) is 110 cm³/mol. The van der Waals surface area contributed by atoms with Crippen molar-refractivity contribution in [2.45, 2.75) is 46.3 Å². The Balaban J connectivity index is 2.22. The first-order valence-corrected chi connectivity index (χ1v) is 9.44. The van der Waals surface area contributed by atoms with E-state index in [1.165, 1.54) is 0 Å². The summed E-state index contributed by atoms with van der Waals surface area (Å²) in [5.74, 6) is -1.54. The zero-order valence-electron chi connectivity index (χ0n) is 17.4. The molecule has 30 heavy (non-hydrogen) atoms. The second-order valence-electron chi connectivity index (χ2n) is 8.08. The van der Waals surface area contributed by atoms with Crippen LogP contribution in [0.4, 0.5) is 13.6 Å². The van der Waals surface area contributed by atoms with Crippen LogP contribution in [-0.2, 0) is 4.74 Å². The molecule has 3 aromatic rings. The van der Waals surface area contributed by atoms with Gasteiger partial charge < -0.3 is 10.1 Å². The van der Waals surface area contributed by atoms with E-state index in [4.69, 9.17) is 4.74 Å². The summed E-state index contributed by atoms with van der Waals surface area (Å²) in [5.41, 5.74) is -0.0399. The summed E-state index contributed by atoms with van der Waals surface area (Å²) in [7, 11) is 0. The maximum absolute atomic E-state index is 13.9. The van der Waals surface area contributed by atoms with Gasteiger partial charge in [-0.3, -0.25) is 9.36 Å². The van der Waals surface area contributed by atoms with Crippen LogP contribution in [0.15, 0.2) is 41.2 Å². The highest BCUT2D eigenvalue weighted by molar-refractivity contribution is 5.81. The minimum absolute atomic E-state index is 0.0266. The summed E-state index contributed by atoms with van der Waals surface area (Å²) < 4.78 is 34.2. The van der Waals surface area contributed by atoms with Gasteiger partial charge in [-0.1, -0.05) is 12.1 Å². The highest BCUT2D eigenvalue weighted by Gasteiger charge is 2.23. The lowest BCUT2D eigenvalue weighted by Crippen LogP contribution is -2.37. The molecule has 3 rings (SSSR count). The monoisotopic (exact) mass is 415 g/mol. The molecule has 0 saturated carbocycles. The number of alkyl carbamates (subject to hydrolysis) is 1. The van der Waals surface area contributed by atoms with Crippen LogP contribution in [0.3, 0.4) is 0 Å². The number of nitrogens with zero attached hydrogens (tertiary/aromatic N) is 2. The van der Waals surface area contributed by atoms with Gasteiger partial charge in [-0.25, -0.2) is 18.6 Å². The third kappa shape index (κ3) is 4.48. The summed E-state index contributed by atoms with van der Waals surface area (Å²) >= 11 is 0. The Kier molecular flexibility index (Phi) is 5.61. The third-order valence-corrected chi connectivity index (χ3v) is 4.35. The van der Waals surface area contributed by atoms with Crippen molar-refractivity contribution in [3.05, 3.63) is 69.8 Å². The minimum atomic E-state index is -0.833.